The largest absolute Gasteiger partial charge is 0.480 e. The summed E-state index contributed by atoms with van der Waals surface area (Å²) < 4.78 is 11.1. The van der Waals surface area contributed by atoms with E-state index < -0.39 is 23.0 Å². The molecule has 3 aromatic carbocycles. The Morgan fingerprint density at radius 3 is 2.14 bits per heavy atom. The first-order valence-corrected chi connectivity index (χ1v) is 11.6. The highest BCUT2D eigenvalue weighted by molar-refractivity contribution is 5.81. The number of carbonyl (C=O) groups excluding carboxylic acids is 1. The van der Waals surface area contributed by atoms with Gasteiger partial charge < -0.3 is 19.6 Å². The smallest absolute Gasteiger partial charge is 0.407 e. The summed E-state index contributed by atoms with van der Waals surface area (Å²) in [4.78, 5) is 35.2. The Balaban J connectivity index is 1.25. The van der Waals surface area contributed by atoms with Gasteiger partial charge in [-0.05, 0) is 40.5 Å². The molecule has 0 saturated heterocycles. The van der Waals surface area contributed by atoms with E-state index in [4.69, 9.17) is 9.15 Å². The van der Waals surface area contributed by atoms with Gasteiger partial charge in [-0.15, -0.1) is 0 Å². The minimum atomic E-state index is -1.32. The summed E-state index contributed by atoms with van der Waals surface area (Å²) in [6, 6.07) is 23.6. The molecule has 0 bridgehead atoms. The van der Waals surface area contributed by atoms with Crippen molar-refractivity contribution in [2.24, 2.45) is 0 Å². The number of amides is 1. The zero-order valence-corrected chi connectivity index (χ0v) is 19.5. The van der Waals surface area contributed by atoms with E-state index in [2.05, 4.69) is 5.32 Å². The monoisotopic (exact) mass is 498 g/mol. The van der Waals surface area contributed by atoms with Gasteiger partial charge in [0.15, 0.2) is 0 Å². The van der Waals surface area contributed by atoms with E-state index in [0.717, 1.165) is 22.3 Å². The highest BCUT2D eigenvalue weighted by atomic mass is 16.6. The molecule has 1 aliphatic rings. The maximum atomic E-state index is 12.6. The first-order chi connectivity index (χ1) is 17.9. The molecule has 1 heterocycles. The number of nitrogens with one attached hydrogen (secondary N) is 1. The predicted octanol–water partition coefficient (Wildman–Crippen LogP) is 5.39. The lowest BCUT2D eigenvalue weighted by atomic mass is 9.98. The van der Waals surface area contributed by atoms with Gasteiger partial charge in [0.05, 0.1) is 10.5 Å². The zero-order chi connectivity index (χ0) is 25.9. The highest BCUT2D eigenvalue weighted by Crippen LogP contribution is 2.44. The highest BCUT2D eigenvalue weighted by Gasteiger charge is 2.30. The van der Waals surface area contributed by atoms with Crippen LogP contribution in [0.1, 0.15) is 22.8 Å². The minimum absolute atomic E-state index is 0.0504. The number of furan rings is 1. The number of carboxylic acid groups (broad SMARTS) is 1. The molecular formula is C28H22N2O7. The van der Waals surface area contributed by atoms with Crippen molar-refractivity contribution in [2.75, 3.05) is 6.61 Å². The van der Waals surface area contributed by atoms with E-state index in [-0.39, 0.29) is 41.7 Å². The molecular weight excluding hydrogens is 476 g/mol. The second kappa shape index (κ2) is 9.98. The van der Waals surface area contributed by atoms with Gasteiger partial charge in [0.2, 0.25) is 0 Å². The van der Waals surface area contributed by atoms with E-state index in [1.54, 1.807) is 18.2 Å². The normalized spacial score (nSPS) is 12.9. The summed E-state index contributed by atoms with van der Waals surface area (Å²) >= 11 is 0. The molecule has 9 nitrogen and oxygen atoms in total. The SMILES string of the molecule is O=C(NC(Cc1ccc(-c2ccccc2[N+](=O)[O-])o1)C(=O)O)OCC1c2ccccc2-c2ccccc21. The van der Waals surface area contributed by atoms with Crippen molar-refractivity contribution in [3.05, 3.63) is 112 Å². The predicted molar refractivity (Wildman–Crippen MR) is 134 cm³/mol. The Labute approximate surface area is 211 Å². The van der Waals surface area contributed by atoms with Crippen molar-refractivity contribution in [3.63, 3.8) is 0 Å². The first kappa shape index (κ1) is 23.8. The maximum Gasteiger partial charge on any atom is 0.407 e. The molecule has 0 fully saturated rings. The van der Waals surface area contributed by atoms with Crippen LogP contribution in [0.15, 0.2) is 89.3 Å². The number of hydrogen-bond donors (Lipinski definition) is 2. The Morgan fingerprint density at radius 1 is 0.919 bits per heavy atom. The van der Waals surface area contributed by atoms with Gasteiger partial charge in [-0.1, -0.05) is 60.7 Å². The molecule has 2 N–H and O–H groups in total. The second-order valence-electron chi connectivity index (χ2n) is 8.61. The van der Waals surface area contributed by atoms with Crippen LogP contribution in [0, 0.1) is 10.1 Å². The number of fused-ring (bicyclic) bond motifs is 3. The van der Waals surface area contributed by atoms with Crippen LogP contribution >= 0.6 is 0 Å². The van der Waals surface area contributed by atoms with Crippen LogP contribution in [0.4, 0.5) is 10.5 Å². The van der Waals surface area contributed by atoms with Crippen molar-refractivity contribution >= 4 is 17.7 Å². The number of nitrogens with zero attached hydrogens (tertiary/aromatic N) is 1. The van der Waals surface area contributed by atoms with Gasteiger partial charge in [-0.25, -0.2) is 9.59 Å². The van der Waals surface area contributed by atoms with Gasteiger partial charge >= 0.3 is 12.1 Å². The molecule has 1 amide bonds. The minimum Gasteiger partial charge on any atom is -0.480 e. The molecule has 9 heteroatoms. The third kappa shape index (κ3) is 4.79. The van der Waals surface area contributed by atoms with E-state index in [9.17, 15) is 24.8 Å². The molecule has 186 valence electrons. The van der Waals surface area contributed by atoms with E-state index >= 15 is 0 Å². The molecule has 4 aromatic rings. The van der Waals surface area contributed by atoms with Gasteiger partial charge in [0, 0.05) is 18.4 Å². The number of carboxylic acids is 1. The van der Waals surface area contributed by atoms with Crippen molar-refractivity contribution in [3.8, 4) is 22.5 Å². The van der Waals surface area contributed by atoms with Gasteiger partial charge in [-0.3, -0.25) is 10.1 Å². The van der Waals surface area contributed by atoms with Gasteiger partial charge in [0.1, 0.15) is 24.2 Å². The molecule has 0 radical (unpaired) electrons. The van der Waals surface area contributed by atoms with E-state index in [0.29, 0.717) is 0 Å². The summed E-state index contributed by atoms with van der Waals surface area (Å²) in [5.74, 6) is -0.944. The van der Waals surface area contributed by atoms with Crippen molar-refractivity contribution in [1.82, 2.24) is 5.32 Å². The summed E-state index contributed by atoms with van der Waals surface area (Å²) in [6.07, 6.45) is -1.03. The zero-order valence-electron chi connectivity index (χ0n) is 19.5. The molecule has 1 aliphatic carbocycles. The third-order valence-electron chi connectivity index (χ3n) is 6.37. The summed E-state index contributed by atoms with van der Waals surface area (Å²) in [5.41, 5.74) is 4.41. The van der Waals surface area contributed by atoms with Crippen LogP contribution < -0.4 is 5.32 Å². The number of rotatable bonds is 8. The Kier molecular flexibility index (Phi) is 6.42. The molecule has 1 atom stereocenters. The average Bonchev–Trinajstić information content (AvgIpc) is 3.49. The lowest BCUT2D eigenvalue weighted by Gasteiger charge is -2.17. The Hall–Kier alpha value is -4.92. The van der Waals surface area contributed by atoms with Crippen LogP contribution in [0.2, 0.25) is 0 Å². The Bertz CT molecular complexity index is 1450. The quantitative estimate of drug-likeness (QED) is 0.246. The molecule has 0 spiro atoms. The standard InChI is InChI=1S/C28H22N2O7/c31-27(32)24(15-17-13-14-26(37-17)22-11-5-6-12-25(22)30(34)35)29-28(33)36-16-23-20-9-3-1-7-18(20)19-8-2-4-10-21(19)23/h1-14,23-24H,15-16H2,(H,29,33)(H,31,32). The average molecular weight is 498 g/mol. The fourth-order valence-corrected chi connectivity index (χ4v) is 4.66. The van der Waals surface area contributed by atoms with Crippen LogP contribution in [-0.4, -0.2) is 34.7 Å². The molecule has 1 aromatic heterocycles. The van der Waals surface area contributed by atoms with Crippen molar-refractivity contribution in [2.45, 2.75) is 18.4 Å². The van der Waals surface area contributed by atoms with Gasteiger partial charge in [-0.2, -0.15) is 0 Å². The Morgan fingerprint density at radius 2 is 1.51 bits per heavy atom. The summed E-state index contributed by atoms with van der Waals surface area (Å²) in [7, 11) is 0. The number of para-hydroxylation sites is 1. The number of aliphatic carboxylic acids is 1. The molecule has 37 heavy (non-hydrogen) atoms. The fraction of sp³-hybridized carbons (Fsp3) is 0.143. The van der Waals surface area contributed by atoms with Crippen molar-refractivity contribution in [1.29, 1.82) is 0 Å². The lowest BCUT2D eigenvalue weighted by Crippen LogP contribution is -2.42. The fourth-order valence-electron chi connectivity index (χ4n) is 4.66. The molecule has 0 saturated carbocycles. The number of alkyl carbamates (subject to hydrolysis) is 1. The van der Waals surface area contributed by atoms with Crippen molar-refractivity contribution < 1.29 is 28.8 Å². The first-order valence-electron chi connectivity index (χ1n) is 11.6. The number of ether oxygens (including phenoxy) is 1. The third-order valence-corrected chi connectivity index (χ3v) is 6.37. The van der Waals surface area contributed by atoms with Gasteiger partial charge in [0.25, 0.3) is 5.69 Å². The van der Waals surface area contributed by atoms with Crippen LogP contribution in [0.25, 0.3) is 22.5 Å². The summed E-state index contributed by atoms with van der Waals surface area (Å²) in [6.45, 7) is 0.0504. The molecule has 0 aliphatic heterocycles. The number of nitro groups is 1. The van der Waals surface area contributed by atoms with E-state index in [1.165, 1.54) is 18.2 Å². The van der Waals surface area contributed by atoms with Crippen LogP contribution in [0.3, 0.4) is 0 Å². The summed E-state index contributed by atoms with van der Waals surface area (Å²) in [5, 5.41) is 23.4. The number of benzene rings is 3. The topological polar surface area (TPSA) is 132 Å². The number of hydrogen-bond acceptors (Lipinski definition) is 6. The molecule has 5 rings (SSSR count). The lowest BCUT2D eigenvalue weighted by molar-refractivity contribution is -0.384. The number of nitro benzene ring substituents is 1. The molecule has 1 unspecified atom stereocenters. The number of carbonyl (C=O) groups is 2. The second-order valence-corrected chi connectivity index (χ2v) is 8.61. The van der Waals surface area contributed by atoms with E-state index in [1.807, 2.05) is 48.5 Å². The maximum absolute atomic E-state index is 12.6. The van der Waals surface area contributed by atoms with Crippen LogP contribution in [0.5, 0.6) is 0 Å². The van der Waals surface area contributed by atoms with Crippen LogP contribution in [-0.2, 0) is 16.0 Å².